The fraction of sp³-hybridized carbons (Fsp3) is 0.357. The Bertz CT molecular complexity index is 671. The summed E-state index contributed by atoms with van der Waals surface area (Å²) in [6, 6.07) is 5.12. The molecular formula is C14H16N4O2. The van der Waals surface area contributed by atoms with E-state index in [-0.39, 0.29) is 11.7 Å². The van der Waals surface area contributed by atoms with Crippen LogP contribution in [0, 0.1) is 5.92 Å². The molecule has 0 unspecified atom stereocenters. The van der Waals surface area contributed by atoms with Gasteiger partial charge >= 0.3 is 0 Å². The average molecular weight is 272 g/mol. The zero-order valence-corrected chi connectivity index (χ0v) is 11.0. The smallest absolute Gasteiger partial charge is 0.250 e. The normalized spacial score (nSPS) is 16.4. The number of carbonyl (C=O) groups is 2. The Labute approximate surface area is 115 Å². The molecule has 0 spiro atoms. The molecule has 2 heterocycles. The third kappa shape index (κ3) is 2.18. The second-order valence-corrected chi connectivity index (χ2v) is 5.04. The van der Waals surface area contributed by atoms with Gasteiger partial charge in [-0.15, -0.1) is 0 Å². The van der Waals surface area contributed by atoms with Crippen LogP contribution in [-0.2, 0) is 0 Å². The van der Waals surface area contributed by atoms with Crippen molar-refractivity contribution in [1.29, 1.82) is 0 Å². The van der Waals surface area contributed by atoms with Gasteiger partial charge < -0.3 is 16.0 Å². The summed E-state index contributed by atoms with van der Waals surface area (Å²) < 4.78 is 0. The number of nitrogens with zero attached hydrogens (tertiary/aromatic N) is 1. The van der Waals surface area contributed by atoms with Gasteiger partial charge in [0.2, 0.25) is 5.78 Å². The van der Waals surface area contributed by atoms with Crippen molar-refractivity contribution >= 4 is 22.7 Å². The fourth-order valence-electron chi connectivity index (χ4n) is 2.63. The molecule has 1 aromatic carbocycles. The maximum atomic E-state index is 12.4. The van der Waals surface area contributed by atoms with E-state index in [0.717, 1.165) is 25.9 Å². The molecule has 4 N–H and O–H groups in total. The number of aromatic nitrogens is 2. The minimum Gasteiger partial charge on any atom is -0.366 e. The van der Waals surface area contributed by atoms with Crippen LogP contribution in [-0.4, -0.2) is 34.7 Å². The zero-order chi connectivity index (χ0) is 14.1. The van der Waals surface area contributed by atoms with Crippen molar-refractivity contribution in [2.24, 2.45) is 11.7 Å². The molecule has 1 aliphatic rings. The number of primary amides is 1. The summed E-state index contributed by atoms with van der Waals surface area (Å²) in [6.45, 7) is 1.70. The van der Waals surface area contributed by atoms with Crippen LogP contribution in [0.25, 0.3) is 11.0 Å². The van der Waals surface area contributed by atoms with Gasteiger partial charge in [-0.05, 0) is 38.1 Å². The fourth-order valence-corrected chi connectivity index (χ4v) is 2.63. The molecular weight excluding hydrogens is 256 g/mol. The van der Waals surface area contributed by atoms with E-state index in [0.29, 0.717) is 22.4 Å². The van der Waals surface area contributed by atoms with Gasteiger partial charge in [0.25, 0.3) is 5.91 Å². The number of benzene rings is 1. The number of hydrogen-bond donors (Lipinski definition) is 3. The van der Waals surface area contributed by atoms with Gasteiger partial charge in [-0.2, -0.15) is 0 Å². The van der Waals surface area contributed by atoms with E-state index in [9.17, 15) is 9.59 Å². The summed E-state index contributed by atoms with van der Waals surface area (Å²) >= 11 is 0. The molecule has 1 saturated heterocycles. The van der Waals surface area contributed by atoms with Crippen LogP contribution < -0.4 is 11.1 Å². The zero-order valence-electron chi connectivity index (χ0n) is 11.0. The molecule has 1 amide bonds. The van der Waals surface area contributed by atoms with Gasteiger partial charge in [-0.25, -0.2) is 4.98 Å². The Morgan fingerprint density at radius 1 is 1.25 bits per heavy atom. The van der Waals surface area contributed by atoms with Crippen LogP contribution in [0.15, 0.2) is 18.2 Å². The second-order valence-electron chi connectivity index (χ2n) is 5.04. The van der Waals surface area contributed by atoms with E-state index < -0.39 is 5.91 Å². The number of hydrogen-bond acceptors (Lipinski definition) is 4. The number of Topliss-reactive ketones (excluding diaryl/α,β-unsaturated/α-hetero) is 1. The van der Waals surface area contributed by atoms with E-state index in [1.807, 2.05) is 0 Å². The first-order valence-electron chi connectivity index (χ1n) is 6.70. The first-order valence-corrected chi connectivity index (χ1v) is 6.70. The minimum absolute atomic E-state index is 0.00570. The van der Waals surface area contributed by atoms with Crippen LogP contribution in [0.2, 0.25) is 0 Å². The molecule has 0 radical (unpaired) electrons. The number of ketones is 1. The van der Waals surface area contributed by atoms with E-state index >= 15 is 0 Å². The number of amides is 1. The lowest BCUT2D eigenvalue weighted by Crippen LogP contribution is -2.32. The molecule has 1 aromatic heterocycles. The molecule has 0 aliphatic carbocycles. The largest absolute Gasteiger partial charge is 0.366 e. The molecule has 0 atom stereocenters. The predicted octanol–water partition coefficient (Wildman–Crippen LogP) is 0.844. The van der Waals surface area contributed by atoms with Crippen molar-refractivity contribution in [3.05, 3.63) is 29.6 Å². The molecule has 1 fully saturated rings. The summed E-state index contributed by atoms with van der Waals surface area (Å²) in [5, 5.41) is 3.23. The molecule has 0 bridgehead atoms. The maximum absolute atomic E-state index is 12.4. The number of piperidine rings is 1. The van der Waals surface area contributed by atoms with Crippen LogP contribution >= 0.6 is 0 Å². The van der Waals surface area contributed by atoms with Gasteiger partial charge in [0.05, 0.1) is 11.1 Å². The summed E-state index contributed by atoms with van der Waals surface area (Å²) in [6.07, 6.45) is 1.64. The van der Waals surface area contributed by atoms with Crippen molar-refractivity contribution in [2.75, 3.05) is 13.1 Å². The number of fused-ring (bicyclic) bond motifs is 1. The van der Waals surface area contributed by atoms with E-state index in [1.165, 1.54) is 0 Å². The number of aromatic amines is 1. The van der Waals surface area contributed by atoms with Crippen molar-refractivity contribution < 1.29 is 9.59 Å². The molecule has 20 heavy (non-hydrogen) atoms. The van der Waals surface area contributed by atoms with E-state index in [4.69, 9.17) is 5.73 Å². The number of nitrogens with two attached hydrogens (primary N) is 1. The summed E-state index contributed by atoms with van der Waals surface area (Å²) in [5.41, 5.74) is 6.79. The number of para-hydroxylation sites is 1. The van der Waals surface area contributed by atoms with Crippen molar-refractivity contribution in [3.63, 3.8) is 0 Å². The van der Waals surface area contributed by atoms with E-state index in [1.54, 1.807) is 18.2 Å². The van der Waals surface area contributed by atoms with Gasteiger partial charge in [0.15, 0.2) is 5.82 Å². The standard InChI is InChI=1S/C14H16N4O2/c15-13(20)9-2-1-3-10-11(9)18-14(17-10)12(19)8-4-6-16-7-5-8/h1-3,8,16H,4-7H2,(H2,15,20)(H,17,18). The highest BCUT2D eigenvalue weighted by atomic mass is 16.1. The molecule has 6 heteroatoms. The Morgan fingerprint density at radius 2 is 2.00 bits per heavy atom. The van der Waals surface area contributed by atoms with Crippen molar-refractivity contribution in [2.45, 2.75) is 12.8 Å². The van der Waals surface area contributed by atoms with Crippen LogP contribution in [0.5, 0.6) is 0 Å². The lowest BCUT2D eigenvalue weighted by molar-refractivity contribution is 0.0885. The summed E-state index contributed by atoms with van der Waals surface area (Å²) in [5.74, 6) is -0.212. The number of H-pyrrole nitrogens is 1. The Hall–Kier alpha value is -2.21. The average Bonchev–Trinajstić information content (AvgIpc) is 2.90. The number of carbonyl (C=O) groups excluding carboxylic acids is 2. The topological polar surface area (TPSA) is 101 Å². The van der Waals surface area contributed by atoms with Crippen molar-refractivity contribution in [1.82, 2.24) is 15.3 Å². The lowest BCUT2D eigenvalue weighted by atomic mass is 9.93. The molecule has 0 saturated carbocycles. The minimum atomic E-state index is -0.539. The number of imidazole rings is 1. The Kier molecular flexibility index (Phi) is 3.23. The molecule has 2 aromatic rings. The highest BCUT2D eigenvalue weighted by Gasteiger charge is 2.25. The van der Waals surface area contributed by atoms with Gasteiger partial charge in [0, 0.05) is 5.92 Å². The molecule has 104 valence electrons. The Balaban J connectivity index is 1.98. The van der Waals surface area contributed by atoms with Crippen LogP contribution in [0.1, 0.15) is 33.8 Å². The highest BCUT2D eigenvalue weighted by molar-refractivity contribution is 6.06. The highest BCUT2D eigenvalue weighted by Crippen LogP contribution is 2.21. The molecule has 6 nitrogen and oxygen atoms in total. The first-order chi connectivity index (χ1) is 9.66. The number of rotatable bonds is 3. The molecule has 3 rings (SSSR count). The lowest BCUT2D eigenvalue weighted by Gasteiger charge is -2.20. The van der Waals surface area contributed by atoms with Gasteiger partial charge in [-0.3, -0.25) is 9.59 Å². The third-order valence-electron chi connectivity index (χ3n) is 3.72. The first kappa shape index (κ1) is 12.8. The second kappa shape index (κ2) is 5.05. The van der Waals surface area contributed by atoms with E-state index in [2.05, 4.69) is 15.3 Å². The monoisotopic (exact) mass is 272 g/mol. The Morgan fingerprint density at radius 3 is 2.70 bits per heavy atom. The number of nitrogens with one attached hydrogen (secondary N) is 2. The molecule has 1 aliphatic heterocycles. The van der Waals surface area contributed by atoms with Crippen LogP contribution in [0.3, 0.4) is 0 Å². The quantitative estimate of drug-likeness (QED) is 0.721. The summed E-state index contributed by atoms with van der Waals surface area (Å²) in [7, 11) is 0. The van der Waals surface area contributed by atoms with Crippen LogP contribution in [0.4, 0.5) is 0 Å². The summed E-state index contributed by atoms with van der Waals surface area (Å²) in [4.78, 5) is 31.1. The predicted molar refractivity (Wildman–Crippen MR) is 74.5 cm³/mol. The SMILES string of the molecule is NC(=O)c1cccc2[nH]c(C(=O)C3CCNCC3)nc12. The van der Waals surface area contributed by atoms with Crippen molar-refractivity contribution in [3.8, 4) is 0 Å². The van der Waals surface area contributed by atoms with Gasteiger partial charge in [-0.1, -0.05) is 6.07 Å². The maximum Gasteiger partial charge on any atom is 0.250 e. The van der Waals surface area contributed by atoms with Gasteiger partial charge in [0.1, 0.15) is 5.52 Å². The third-order valence-corrected chi connectivity index (χ3v) is 3.72.